The molecule has 5 heterocycles. The van der Waals surface area contributed by atoms with Crippen LogP contribution in [0.4, 0.5) is 0 Å². The minimum Gasteiger partial charge on any atom is -0.463 e. The maximum absolute atomic E-state index is 12.8. The average molecular weight is 1140 g/mol. The van der Waals surface area contributed by atoms with Crippen LogP contribution in [0.1, 0.15) is 169 Å². The summed E-state index contributed by atoms with van der Waals surface area (Å²) in [4.78, 5) is 74.3. The molecule has 4 saturated carbocycles. The highest BCUT2D eigenvalue weighted by molar-refractivity contribution is 5.69. The molecule has 9 fully saturated rings. The molecule has 0 spiro atoms. The SMILES string of the molecule is CC(=O)OC[C@H]1O[C@@H]2OC(C)(O[C@H]3C[C@@H]4[C@@]5(C)CC[C@H](OC6(C)O[C@H]7O[C@H](COC(C)=O)[C@@H](OC(C)=O)[C@H](OC(C)=O)[C@H]7O6)C(C)(C)[C@@H]5CC[C@@]4(C)[C@]4(C)CC[C@H]([C@]5(C)CC[C@H](C(C)(C)O)O5)[C@@H]34)O[C@@H]2[C@@H](OC(C)=O)[C@@H]1OC(C)=O. The Morgan fingerprint density at radius 2 is 1.00 bits per heavy atom. The van der Waals surface area contributed by atoms with Crippen molar-refractivity contribution in [2.24, 2.45) is 45.3 Å². The number of hydrogen-bond donors (Lipinski definition) is 1. The molecule has 23 atom stereocenters. The number of fused-ring (bicyclic) bond motifs is 7. The number of aliphatic hydroxyl groups is 1. The second-order valence-corrected chi connectivity index (χ2v) is 26.7. The van der Waals surface area contributed by atoms with E-state index in [1.54, 1.807) is 27.7 Å². The van der Waals surface area contributed by atoms with Crippen LogP contribution in [0.25, 0.3) is 0 Å². The summed E-state index contributed by atoms with van der Waals surface area (Å²) in [7, 11) is 0. The van der Waals surface area contributed by atoms with Gasteiger partial charge in [0.2, 0.25) is 0 Å². The molecule has 0 aromatic carbocycles. The first-order valence-corrected chi connectivity index (χ1v) is 28.8. The zero-order chi connectivity index (χ0) is 58.7. The van der Waals surface area contributed by atoms with Gasteiger partial charge in [-0.15, -0.1) is 0 Å². The van der Waals surface area contributed by atoms with Gasteiger partial charge < -0.3 is 66.7 Å². The van der Waals surface area contributed by atoms with Crippen molar-refractivity contribution in [3.8, 4) is 0 Å². The second kappa shape index (κ2) is 21.5. The summed E-state index contributed by atoms with van der Waals surface area (Å²) in [6, 6.07) is 0. The van der Waals surface area contributed by atoms with Crippen LogP contribution in [0.15, 0.2) is 0 Å². The van der Waals surface area contributed by atoms with Crippen LogP contribution in [0.2, 0.25) is 0 Å². The number of carbonyl (C=O) groups is 6. The second-order valence-electron chi connectivity index (χ2n) is 26.7. The van der Waals surface area contributed by atoms with Crippen molar-refractivity contribution in [3.05, 3.63) is 0 Å². The molecule has 22 heteroatoms. The number of ether oxygens (including phenoxy) is 15. The number of rotatable bonds is 14. The molecule has 452 valence electrons. The Morgan fingerprint density at radius 1 is 0.525 bits per heavy atom. The molecule has 5 saturated heterocycles. The van der Waals surface area contributed by atoms with Crippen molar-refractivity contribution in [3.63, 3.8) is 0 Å². The molecule has 5 aliphatic heterocycles. The van der Waals surface area contributed by atoms with Gasteiger partial charge in [-0.3, -0.25) is 38.2 Å². The summed E-state index contributed by atoms with van der Waals surface area (Å²) in [5.74, 6) is -7.21. The predicted octanol–water partition coefficient (Wildman–Crippen LogP) is 6.24. The third kappa shape index (κ3) is 11.1. The predicted molar refractivity (Wildman–Crippen MR) is 274 cm³/mol. The molecule has 9 aliphatic rings. The zero-order valence-electron chi connectivity index (χ0n) is 49.6. The lowest BCUT2D eigenvalue weighted by atomic mass is 9.35. The van der Waals surface area contributed by atoms with E-state index in [1.165, 1.54) is 41.5 Å². The highest BCUT2D eigenvalue weighted by atomic mass is 17.0. The van der Waals surface area contributed by atoms with Crippen LogP contribution in [0, 0.1) is 45.3 Å². The highest BCUT2D eigenvalue weighted by Crippen LogP contribution is 2.77. The highest BCUT2D eigenvalue weighted by Gasteiger charge is 2.74. The van der Waals surface area contributed by atoms with Crippen LogP contribution in [0.5, 0.6) is 0 Å². The van der Waals surface area contributed by atoms with Gasteiger partial charge in [-0.2, -0.15) is 0 Å². The fraction of sp³-hybridized carbons (Fsp3) is 0.897. The minimum atomic E-state index is -1.78. The lowest BCUT2D eigenvalue weighted by molar-refractivity contribution is -0.388. The van der Waals surface area contributed by atoms with Crippen LogP contribution >= 0.6 is 0 Å². The number of carbonyl (C=O) groups excluding carboxylic acids is 6. The van der Waals surface area contributed by atoms with Gasteiger partial charge in [-0.1, -0.05) is 34.6 Å². The molecule has 22 nitrogen and oxygen atoms in total. The summed E-state index contributed by atoms with van der Waals surface area (Å²) in [6.07, 6.45) is -5.78. The summed E-state index contributed by atoms with van der Waals surface area (Å²) in [6.45, 7) is 27.7. The molecule has 0 amide bonds. The molecule has 2 unspecified atom stereocenters. The normalized spacial score (nSPS) is 47.3. The van der Waals surface area contributed by atoms with Gasteiger partial charge in [0.1, 0.15) is 25.4 Å². The first kappa shape index (κ1) is 61.0. The fourth-order valence-electron chi connectivity index (χ4n) is 17.1. The molecular weight excluding hydrogens is 1050 g/mol. The van der Waals surface area contributed by atoms with Crippen molar-refractivity contribution in [1.82, 2.24) is 0 Å². The quantitative estimate of drug-likeness (QED) is 0.149. The Morgan fingerprint density at radius 3 is 1.46 bits per heavy atom. The maximum atomic E-state index is 12.8. The van der Waals surface area contributed by atoms with E-state index in [0.29, 0.717) is 19.3 Å². The van der Waals surface area contributed by atoms with Gasteiger partial charge in [0, 0.05) is 55.4 Å². The molecular formula is C58H88O22. The molecule has 4 aliphatic carbocycles. The summed E-state index contributed by atoms with van der Waals surface area (Å²) in [5, 5.41) is 11.3. The van der Waals surface area contributed by atoms with Crippen LogP contribution in [-0.2, 0) is 99.8 Å². The van der Waals surface area contributed by atoms with Crippen molar-refractivity contribution >= 4 is 35.8 Å². The van der Waals surface area contributed by atoms with Gasteiger partial charge in [-0.05, 0) is 124 Å². The Bertz CT molecular complexity index is 2390. The first-order chi connectivity index (χ1) is 37.0. The third-order valence-electron chi connectivity index (χ3n) is 20.6. The Kier molecular flexibility index (Phi) is 16.4. The molecule has 0 aromatic heterocycles. The molecule has 1 N–H and O–H groups in total. The van der Waals surface area contributed by atoms with Gasteiger partial charge in [0.25, 0.3) is 11.9 Å². The maximum Gasteiger partial charge on any atom is 0.303 e. The monoisotopic (exact) mass is 1140 g/mol. The lowest BCUT2D eigenvalue weighted by Gasteiger charge is -2.71. The number of hydrogen-bond acceptors (Lipinski definition) is 22. The van der Waals surface area contributed by atoms with Crippen LogP contribution in [-0.4, -0.2) is 157 Å². The minimum absolute atomic E-state index is 0.00836. The van der Waals surface area contributed by atoms with E-state index in [1.807, 2.05) is 0 Å². The summed E-state index contributed by atoms with van der Waals surface area (Å²) in [5.41, 5.74) is -2.93. The average Bonchev–Trinajstić information content (AvgIpc) is 2.72. The van der Waals surface area contributed by atoms with Gasteiger partial charge in [-0.25, -0.2) is 0 Å². The molecule has 0 bridgehead atoms. The van der Waals surface area contributed by atoms with Crippen molar-refractivity contribution in [2.45, 2.75) is 271 Å². The van der Waals surface area contributed by atoms with E-state index >= 15 is 0 Å². The first-order valence-electron chi connectivity index (χ1n) is 28.8. The van der Waals surface area contributed by atoms with Crippen LogP contribution in [0.3, 0.4) is 0 Å². The number of esters is 6. The lowest BCUT2D eigenvalue weighted by Crippen LogP contribution is -2.67. The third-order valence-corrected chi connectivity index (χ3v) is 20.6. The van der Waals surface area contributed by atoms with E-state index in [0.717, 1.165) is 38.5 Å². The summed E-state index contributed by atoms with van der Waals surface area (Å²) >= 11 is 0. The van der Waals surface area contributed by atoms with E-state index in [4.69, 9.17) is 71.1 Å². The Balaban J connectivity index is 1.02. The van der Waals surface area contributed by atoms with Crippen molar-refractivity contribution < 1.29 is 105 Å². The molecule has 0 radical (unpaired) electrons. The molecule has 9 rings (SSSR count). The topological polar surface area (TPSA) is 261 Å². The fourth-order valence-corrected chi connectivity index (χ4v) is 17.1. The Labute approximate surface area is 469 Å². The van der Waals surface area contributed by atoms with Crippen molar-refractivity contribution in [1.29, 1.82) is 0 Å². The zero-order valence-corrected chi connectivity index (χ0v) is 49.6. The van der Waals surface area contributed by atoms with Crippen molar-refractivity contribution in [2.75, 3.05) is 13.2 Å². The Hall–Kier alpha value is -3.58. The summed E-state index contributed by atoms with van der Waals surface area (Å²) < 4.78 is 94.3. The molecule has 0 aromatic rings. The van der Waals surface area contributed by atoms with E-state index in [2.05, 4.69) is 41.5 Å². The van der Waals surface area contributed by atoms with E-state index in [-0.39, 0.29) is 59.2 Å². The van der Waals surface area contributed by atoms with Crippen LogP contribution < -0.4 is 0 Å². The molecule has 80 heavy (non-hydrogen) atoms. The van der Waals surface area contributed by atoms with E-state index < -0.39 is 138 Å². The van der Waals surface area contributed by atoms with Gasteiger partial charge in [0.05, 0.1) is 29.5 Å². The standard InChI is InChI=1S/C58H88O22/c1-28(59)66-26-36-43(68-30(3)61)45(70-32(5)63)47-49(72-36)79-57(15,77-47)74-35-25-39-53(11)21-19-40(76-58(16)78-48-46(71-33(6)64)44(69-31(4)62)37(27-67-29(2)60)73-50(48)80-58)51(7,8)38(53)18-23-54(39,12)55(13)22-17-34(42(35)55)56(14)24-20-41(75-56)52(9,10)65/h34-50,65H,17-27H2,1-16H3/t34-,35-,36+,37+,38-,39+,40-,41+,42-,43+,44+,45-,46-,47+,48+,49+,50+,53-,54+,55+,56-,57?,58?/m0/s1. The van der Waals surface area contributed by atoms with Gasteiger partial charge in [0.15, 0.2) is 49.2 Å². The largest absolute Gasteiger partial charge is 0.463 e. The van der Waals surface area contributed by atoms with Gasteiger partial charge >= 0.3 is 35.8 Å². The smallest absolute Gasteiger partial charge is 0.303 e. The van der Waals surface area contributed by atoms with E-state index in [9.17, 15) is 33.9 Å².